The summed E-state index contributed by atoms with van der Waals surface area (Å²) in [5.41, 5.74) is 3.98. The largest absolute Gasteiger partial charge is 0.467 e. The number of esters is 2. The predicted octanol–water partition coefficient (Wildman–Crippen LogP) is 4.04. The number of amides is 2. The van der Waals surface area contributed by atoms with E-state index < -0.39 is 29.8 Å². The van der Waals surface area contributed by atoms with Gasteiger partial charge in [0, 0.05) is 16.9 Å². The summed E-state index contributed by atoms with van der Waals surface area (Å²) >= 11 is 0. The van der Waals surface area contributed by atoms with Gasteiger partial charge in [-0.2, -0.15) is 5.10 Å². The number of anilines is 1. The second-order valence-corrected chi connectivity index (χ2v) is 9.51. The Bertz CT molecular complexity index is 1530. The first-order valence-corrected chi connectivity index (χ1v) is 13.5. The molecule has 0 spiro atoms. The second-order valence-electron chi connectivity index (χ2n) is 9.51. The van der Waals surface area contributed by atoms with Crippen molar-refractivity contribution < 1.29 is 33.4 Å². The van der Waals surface area contributed by atoms with Crippen LogP contribution in [0.25, 0.3) is 0 Å². The number of aromatic nitrogens is 1. The molecule has 0 saturated carbocycles. The molecule has 0 aliphatic rings. The lowest BCUT2D eigenvalue weighted by atomic mass is 10.1. The van der Waals surface area contributed by atoms with Crippen LogP contribution in [0, 0.1) is 13.8 Å². The lowest BCUT2D eigenvalue weighted by Gasteiger charge is -2.34. The standard InChI is InChI=1S/C31H35N5O7/c1-7-43-29(39)27-21(4)36(20(3)26(27)22(5)37)35(18-25(38)23-14-10-8-11-15-23)28(30(40)42-6)19(2)33-34-31(41)32-24-16-12-9-13-17-24/h8-17,28H,7,18H2,1-6H3,(H2,32,34,41)/b33-19+. The topological polar surface area (TPSA) is 148 Å². The molecule has 1 heterocycles. The number of para-hydroxylation sites is 1. The summed E-state index contributed by atoms with van der Waals surface area (Å²) in [5.74, 6) is -2.30. The third kappa shape index (κ3) is 7.53. The lowest BCUT2D eigenvalue weighted by Crippen LogP contribution is -2.55. The minimum Gasteiger partial charge on any atom is -0.467 e. The van der Waals surface area contributed by atoms with Gasteiger partial charge in [0.15, 0.2) is 17.6 Å². The van der Waals surface area contributed by atoms with Gasteiger partial charge in [0.1, 0.15) is 0 Å². The molecule has 0 fully saturated rings. The molecule has 2 amide bonds. The summed E-state index contributed by atoms with van der Waals surface area (Å²) in [7, 11) is 1.18. The van der Waals surface area contributed by atoms with Crippen LogP contribution in [-0.4, -0.2) is 66.2 Å². The van der Waals surface area contributed by atoms with Gasteiger partial charge in [-0.25, -0.2) is 19.8 Å². The van der Waals surface area contributed by atoms with Crippen LogP contribution in [0.1, 0.15) is 63.2 Å². The number of hydrogen-bond donors (Lipinski definition) is 2. The van der Waals surface area contributed by atoms with Gasteiger partial charge in [0.25, 0.3) is 0 Å². The summed E-state index contributed by atoms with van der Waals surface area (Å²) in [6.07, 6.45) is 0. The van der Waals surface area contributed by atoms with E-state index in [1.807, 2.05) is 0 Å². The number of nitrogens with zero attached hydrogens (tertiary/aromatic N) is 3. The molecule has 1 unspecified atom stereocenters. The molecular formula is C31H35N5O7. The van der Waals surface area contributed by atoms with E-state index in [0.29, 0.717) is 16.9 Å². The summed E-state index contributed by atoms with van der Waals surface area (Å²) < 4.78 is 11.8. The van der Waals surface area contributed by atoms with Crippen LogP contribution >= 0.6 is 0 Å². The Labute approximate surface area is 249 Å². The van der Waals surface area contributed by atoms with Crippen molar-refractivity contribution in [2.45, 2.75) is 40.7 Å². The Morgan fingerprint density at radius 1 is 0.907 bits per heavy atom. The summed E-state index contributed by atoms with van der Waals surface area (Å²) in [4.78, 5) is 65.2. The zero-order chi connectivity index (χ0) is 31.7. The maximum atomic E-state index is 13.5. The molecule has 3 rings (SSSR count). The predicted molar refractivity (Wildman–Crippen MR) is 161 cm³/mol. The van der Waals surface area contributed by atoms with Crippen molar-refractivity contribution in [3.63, 3.8) is 0 Å². The van der Waals surface area contributed by atoms with Crippen molar-refractivity contribution >= 4 is 40.9 Å². The Hall–Kier alpha value is -5.26. The first kappa shape index (κ1) is 32.3. The number of urea groups is 1. The number of hydrazone groups is 1. The number of benzene rings is 2. The molecule has 12 nitrogen and oxygen atoms in total. The monoisotopic (exact) mass is 589 g/mol. The highest BCUT2D eigenvalue weighted by molar-refractivity contribution is 6.10. The molecule has 43 heavy (non-hydrogen) atoms. The number of ether oxygens (including phenoxy) is 2. The summed E-state index contributed by atoms with van der Waals surface area (Å²) in [6, 6.07) is 15.1. The first-order valence-electron chi connectivity index (χ1n) is 13.5. The highest BCUT2D eigenvalue weighted by Gasteiger charge is 2.37. The number of carbonyl (C=O) groups excluding carboxylic acids is 5. The average molecular weight is 590 g/mol. The molecule has 0 aliphatic heterocycles. The molecule has 0 aliphatic carbocycles. The van der Waals surface area contributed by atoms with Gasteiger partial charge in [-0.15, -0.1) is 0 Å². The van der Waals surface area contributed by atoms with Gasteiger partial charge < -0.3 is 14.8 Å². The Balaban J connectivity index is 2.16. The van der Waals surface area contributed by atoms with Gasteiger partial charge in [-0.3, -0.25) is 19.3 Å². The maximum Gasteiger partial charge on any atom is 0.340 e. The molecule has 0 bridgehead atoms. The van der Waals surface area contributed by atoms with Crippen LogP contribution < -0.4 is 15.8 Å². The van der Waals surface area contributed by atoms with Crippen molar-refractivity contribution in [2.24, 2.45) is 5.10 Å². The molecular weight excluding hydrogens is 554 g/mol. The maximum absolute atomic E-state index is 13.5. The van der Waals surface area contributed by atoms with E-state index in [2.05, 4.69) is 15.8 Å². The fraction of sp³-hybridized carbons (Fsp3) is 0.290. The van der Waals surface area contributed by atoms with Gasteiger partial charge in [-0.1, -0.05) is 48.5 Å². The molecule has 1 aromatic heterocycles. The van der Waals surface area contributed by atoms with Crippen molar-refractivity contribution in [3.8, 4) is 0 Å². The van der Waals surface area contributed by atoms with E-state index >= 15 is 0 Å². The third-order valence-corrected chi connectivity index (χ3v) is 6.58. The summed E-state index contributed by atoms with van der Waals surface area (Å²) in [6.45, 7) is 7.30. The summed E-state index contributed by atoms with van der Waals surface area (Å²) in [5, 5.41) is 8.12. The molecule has 1 atom stereocenters. The smallest absolute Gasteiger partial charge is 0.340 e. The Kier molecular flexibility index (Phi) is 10.9. The van der Waals surface area contributed by atoms with E-state index in [4.69, 9.17) is 9.47 Å². The fourth-order valence-corrected chi connectivity index (χ4v) is 4.73. The van der Waals surface area contributed by atoms with Gasteiger partial charge in [0.2, 0.25) is 0 Å². The number of methoxy groups -OCH3 is 1. The number of Topliss-reactive ketones (excluding diaryl/α,β-unsaturated/α-hetero) is 2. The van der Waals surface area contributed by atoms with E-state index in [1.165, 1.54) is 30.6 Å². The lowest BCUT2D eigenvalue weighted by molar-refractivity contribution is -0.140. The fourth-order valence-electron chi connectivity index (χ4n) is 4.73. The van der Waals surface area contributed by atoms with Crippen molar-refractivity contribution in [3.05, 3.63) is 88.7 Å². The van der Waals surface area contributed by atoms with Crippen LogP contribution in [0.5, 0.6) is 0 Å². The van der Waals surface area contributed by atoms with Gasteiger partial charge in [-0.05, 0) is 46.8 Å². The van der Waals surface area contributed by atoms with E-state index in [-0.39, 0.29) is 41.5 Å². The zero-order valence-corrected chi connectivity index (χ0v) is 25.0. The minimum atomic E-state index is -1.37. The van der Waals surface area contributed by atoms with Crippen LogP contribution in [0.15, 0.2) is 65.8 Å². The van der Waals surface area contributed by atoms with E-state index in [0.717, 1.165) is 0 Å². The molecule has 0 saturated heterocycles. The van der Waals surface area contributed by atoms with E-state index in [1.54, 1.807) is 81.4 Å². The molecule has 0 radical (unpaired) electrons. The number of ketones is 2. The minimum absolute atomic E-state index is 0.0163. The van der Waals surface area contributed by atoms with Crippen LogP contribution in [0.3, 0.4) is 0 Å². The number of carbonyl (C=O) groups is 5. The highest BCUT2D eigenvalue weighted by atomic mass is 16.5. The highest BCUT2D eigenvalue weighted by Crippen LogP contribution is 2.26. The number of rotatable bonds is 12. The third-order valence-electron chi connectivity index (χ3n) is 6.58. The first-order chi connectivity index (χ1) is 20.5. The van der Waals surface area contributed by atoms with Crippen LogP contribution in [0.2, 0.25) is 0 Å². The second kappa shape index (κ2) is 14.6. The van der Waals surface area contributed by atoms with E-state index in [9.17, 15) is 24.0 Å². The molecule has 226 valence electrons. The zero-order valence-electron chi connectivity index (χ0n) is 25.0. The number of hydrogen-bond acceptors (Lipinski definition) is 9. The molecule has 2 N–H and O–H groups in total. The normalized spacial score (nSPS) is 11.7. The van der Waals surface area contributed by atoms with Gasteiger partial charge in [0.05, 0.1) is 42.8 Å². The van der Waals surface area contributed by atoms with Gasteiger partial charge >= 0.3 is 18.0 Å². The SMILES string of the molecule is CCOC(=O)c1c(C(C)=O)c(C)n(N(CC(=O)c2ccccc2)C(C(=O)OC)/C(C)=N/NC(=O)Nc2ccccc2)c1C. The van der Waals surface area contributed by atoms with Crippen LogP contribution in [0.4, 0.5) is 10.5 Å². The quantitative estimate of drug-likeness (QED) is 0.139. The molecule has 3 aromatic rings. The molecule has 12 heteroatoms. The average Bonchev–Trinajstić information content (AvgIpc) is 3.26. The van der Waals surface area contributed by atoms with Crippen molar-refractivity contribution in [1.29, 1.82) is 0 Å². The number of nitrogens with one attached hydrogen (secondary N) is 2. The van der Waals surface area contributed by atoms with Crippen LogP contribution in [-0.2, 0) is 14.3 Å². The molecule has 2 aromatic carbocycles. The van der Waals surface area contributed by atoms with Crippen molar-refractivity contribution in [2.75, 3.05) is 30.6 Å². The Morgan fingerprint density at radius 3 is 2.05 bits per heavy atom. The Morgan fingerprint density at radius 2 is 1.49 bits per heavy atom. The van der Waals surface area contributed by atoms with Crippen molar-refractivity contribution in [1.82, 2.24) is 10.1 Å².